The Balaban J connectivity index is 1.46. The zero-order chi connectivity index (χ0) is 19.3. The Morgan fingerprint density at radius 3 is 1.54 bits per heavy atom. The van der Waals surface area contributed by atoms with E-state index in [0.29, 0.717) is 22.0 Å². The average molecular weight is 413 g/mol. The molecular formula is C18H16N6O2S2. The van der Waals surface area contributed by atoms with Gasteiger partial charge in [-0.1, -0.05) is 24.3 Å². The molecule has 0 unspecified atom stereocenters. The van der Waals surface area contributed by atoms with Crippen LogP contribution in [-0.4, -0.2) is 44.6 Å². The molecule has 0 fully saturated rings. The first-order chi connectivity index (χ1) is 13.8. The number of aromatic amines is 2. The molecule has 0 aliphatic heterocycles. The molecule has 142 valence electrons. The van der Waals surface area contributed by atoms with Gasteiger partial charge in [0.25, 0.3) is 0 Å². The van der Waals surface area contributed by atoms with E-state index >= 15 is 0 Å². The van der Waals surface area contributed by atoms with Crippen molar-refractivity contribution in [2.75, 3.05) is 14.2 Å². The number of hydrogen-bond donors (Lipinski definition) is 2. The lowest BCUT2D eigenvalue weighted by molar-refractivity contribution is 0.416. The SMILES string of the molecule is COc1ccccc1-c1nc(SSc2n[nH]c(-c3ccccc3OC)n2)n[nH]1. The van der Waals surface area contributed by atoms with E-state index in [-0.39, 0.29) is 0 Å². The van der Waals surface area contributed by atoms with Gasteiger partial charge in [0.15, 0.2) is 11.6 Å². The molecule has 0 aliphatic carbocycles. The van der Waals surface area contributed by atoms with E-state index < -0.39 is 0 Å². The van der Waals surface area contributed by atoms with E-state index in [2.05, 4.69) is 30.4 Å². The van der Waals surface area contributed by atoms with Gasteiger partial charge in [0, 0.05) is 0 Å². The Kier molecular flexibility index (Phi) is 5.49. The number of nitrogens with one attached hydrogen (secondary N) is 2. The highest BCUT2D eigenvalue weighted by molar-refractivity contribution is 8.76. The molecular weight excluding hydrogens is 396 g/mol. The van der Waals surface area contributed by atoms with E-state index in [1.165, 1.54) is 21.6 Å². The summed E-state index contributed by atoms with van der Waals surface area (Å²) in [6.45, 7) is 0. The van der Waals surface area contributed by atoms with E-state index in [0.717, 1.165) is 22.6 Å². The molecule has 2 aromatic heterocycles. The fraction of sp³-hybridized carbons (Fsp3) is 0.111. The van der Waals surface area contributed by atoms with Gasteiger partial charge >= 0.3 is 0 Å². The number of benzene rings is 2. The van der Waals surface area contributed by atoms with Crippen LogP contribution in [0.25, 0.3) is 22.8 Å². The molecule has 4 aromatic rings. The molecule has 2 aromatic carbocycles. The van der Waals surface area contributed by atoms with E-state index in [1.807, 2.05) is 48.5 Å². The summed E-state index contributed by atoms with van der Waals surface area (Å²) in [5, 5.41) is 15.5. The fourth-order valence-electron chi connectivity index (χ4n) is 2.56. The number of hydrogen-bond acceptors (Lipinski definition) is 8. The average Bonchev–Trinajstić information content (AvgIpc) is 3.42. The molecule has 4 rings (SSSR count). The van der Waals surface area contributed by atoms with Gasteiger partial charge in [-0.15, -0.1) is 10.2 Å². The molecule has 0 bridgehead atoms. The molecule has 0 atom stereocenters. The van der Waals surface area contributed by atoms with Crippen LogP contribution in [0.2, 0.25) is 0 Å². The maximum absolute atomic E-state index is 5.37. The Bertz CT molecular complexity index is 995. The van der Waals surface area contributed by atoms with E-state index in [9.17, 15) is 0 Å². The second kappa shape index (κ2) is 8.36. The van der Waals surface area contributed by atoms with Crippen LogP contribution in [-0.2, 0) is 0 Å². The molecule has 0 aliphatic rings. The number of nitrogens with zero attached hydrogens (tertiary/aromatic N) is 4. The van der Waals surface area contributed by atoms with Crippen molar-refractivity contribution in [2.24, 2.45) is 0 Å². The second-order valence-corrected chi connectivity index (χ2v) is 7.56. The lowest BCUT2D eigenvalue weighted by Gasteiger charge is -2.04. The van der Waals surface area contributed by atoms with Gasteiger partial charge in [-0.2, -0.15) is 0 Å². The third-order valence-electron chi connectivity index (χ3n) is 3.84. The summed E-state index contributed by atoms with van der Waals surface area (Å²) >= 11 is 0. The normalized spacial score (nSPS) is 10.8. The number of H-pyrrole nitrogens is 2. The van der Waals surface area contributed by atoms with Crippen molar-refractivity contribution < 1.29 is 9.47 Å². The maximum atomic E-state index is 5.37. The minimum absolute atomic E-state index is 0.578. The largest absolute Gasteiger partial charge is 0.496 e. The first kappa shape index (κ1) is 18.4. The zero-order valence-electron chi connectivity index (χ0n) is 15.0. The van der Waals surface area contributed by atoms with Crippen molar-refractivity contribution >= 4 is 21.6 Å². The molecule has 2 N–H and O–H groups in total. The van der Waals surface area contributed by atoms with Crippen molar-refractivity contribution in [2.45, 2.75) is 10.3 Å². The fourth-order valence-corrected chi connectivity index (χ4v) is 4.03. The maximum Gasteiger partial charge on any atom is 0.219 e. The summed E-state index contributed by atoms with van der Waals surface area (Å²) in [5.74, 6) is 2.76. The number of methoxy groups -OCH3 is 2. The molecule has 10 heteroatoms. The van der Waals surface area contributed by atoms with Crippen LogP contribution in [0.3, 0.4) is 0 Å². The summed E-state index contributed by atoms with van der Waals surface area (Å²) < 4.78 is 10.7. The smallest absolute Gasteiger partial charge is 0.219 e. The van der Waals surface area contributed by atoms with Gasteiger partial charge in [-0.3, -0.25) is 10.2 Å². The highest BCUT2D eigenvalue weighted by Crippen LogP contribution is 2.36. The molecule has 0 saturated heterocycles. The predicted molar refractivity (Wildman–Crippen MR) is 108 cm³/mol. The number of para-hydroxylation sites is 2. The van der Waals surface area contributed by atoms with Crippen LogP contribution in [0.1, 0.15) is 0 Å². The predicted octanol–water partition coefficient (Wildman–Crippen LogP) is 4.07. The van der Waals surface area contributed by atoms with Gasteiger partial charge in [0.05, 0.1) is 25.3 Å². The highest BCUT2D eigenvalue weighted by Gasteiger charge is 2.14. The van der Waals surface area contributed by atoms with Gasteiger partial charge in [0.1, 0.15) is 11.5 Å². The highest BCUT2D eigenvalue weighted by atomic mass is 33.1. The topological polar surface area (TPSA) is 102 Å². The van der Waals surface area contributed by atoms with Crippen LogP contribution in [0.4, 0.5) is 0 Å². The molecule has 0 saturated carbocycles. The van der Waals surface area contributed by atoms with Crippen LogP contribution < -0.4 is 9.47 Å². The van der Waals surface area contributed by atoms with Gasteiger partial charge < -0.3 is 9.47 Å². The van der Waals surface area contributed by atoms with Crippen LogP contribution in [0.5, 0.6) is 11.5 Å². The van der Waals surface area contributed by atoms with Crippen molar-refractivity contribution in [3.05, 3.63) is 48.5 Å². The lowest BCUT2D eigenvalue weighted by atomic mass is 10.2. The summed E-state index contributed by atoms with van der Waals surface area (Å²) in [7, 11) is 5.99. The third-order valence-corrected chi connectivity index (χ3v) is 5.74. The van der Waals surface area contributed by atoms with Crippen molar-refractivity contribution in [3.8, 4) is 34.3 Å². The molecule has 0 spiro atoms. The van der Waals surface area contributed by atoms with Gasteiger partial charge in [-0.25, -0.2) is 9.97 Å². The Hall–Kier alpha value is -2.98. The van der Waals surface area contributed by atoms with E-state index in [4.69, 9.17) is 9.47 Å². The Morgan fingerprint density at radius 1 is 0.679 bits per heavy atom. The van der Waals surface area contributed by atoms with Crippen LogP contribution in [0, 0.1) is 0 Å². The number of ether oxygens (including phenoxy) is 2. The first-order valence-electron chi connectivity index (χ1n) is 8.24. The summed E-state index contributed by atoms with van der Waals surface area (Å²) in [4.78, 5) is 9.01. The van der Waals surface area contributed by atoms with E-state index in [1.54, 1.807) is 14.2 Å². The molecule has 0 radical (unpaired) electrons. The number of aromatic nitrogens is 6. The second-order valence-electron chi connectivity index (χ2n) is 5.50. The lowest BCUT2D eigenvalue weighted by Crippen LogP contribution is -1.88. The van der Waals surface area contributed by atoms with Gasteiger partial charge in [-0.05, 0) is 45.9 Å². The van der Waals surface area contributed by atoms with Crippen molar-refractivity contribution in [1.82, 2.24) is 30.4 Å². The monoisotopic (exact) mass is 412 g/mol. The molecule has 8 nitrogen and oxygen atoms in total. The van der Waals surface area contributed by atoms with Crippen molar-refractivity contribution in [3.63, 3.8) is 0 Å². The molecule has 28 heavy (non-hydrogen) atoms. The van der Waals surface area contributed by atoms with Crippen molar-refractivity contribution in [1.29, 1.82) is 0 Å². The third kappa shape index (κ3) is 3.82. The Labute approximate surface area is 168 Å². The first-order valence-corrected chi connectivity index (χ1v) is 10.4. The van der Waals surface area contributed by atoms with Crippen LogP contribution in [0.15, 0.2) is 58.8 Å². The van der Waals surface area contributed by atoms with Crippen LogP contribution >= 0.6 is 21.6 Å². The standard InChI is InChI=1S/C18H16N6O2S2/c1-25-13-9-5-3-7-11(13)15-19-17(23-21-15)27-28-18-20-16(22-24-18)12-8-4-6-10-14(12)26-2/h3-10H,1-2H3,(H,19,21,23)(H,20,22,24). The summed E-state index contributed by atoms with van der Waals surface area (Å²) in [5.41, 5.74) is 1.71. The zero-order valence-corrected chi connectivity index (χ0v) is 16.7. The minimum atomic E-state index is 0.578. The number of rotatable bonds is 7. The quantitative estimate of drug-likeness (QED) is 0.438. The molecule has 2 heterocycles. The minimum Gasteiger partial charge on any atom is -0.496 e. The molecule has 0 amide bonds. The summed E-state index contributed by atoms with van der Waals surface area (Å²) in [6, 6.07) is 15.3. The summed E-state index contributed by atoms with van der Waals surface area (Å²) in [6.07, 6.45) is 0. The Morgan fingerprint density at radius 2 is 1.11 bits per heavy atom. The van der Waals surface area contributed by atoms with Gasteiger partial charge in [0.2, 0.25) is 10.3 Å².